The van der Waals surface area contributed by atoms with Crippen LogP contribution >= 0.6 is 0 Å². The highest BCUT2D eigenvalue weighted by atomic mass is 16.6. The van der Waals surface area contributed by atoms with E-state index in [1.807, 2.05) is 6.07 Å². The van der Waals surface area contributed by atoms with Gasteiger partial charge in [0.25, 0.3) is 0 Å². The first-order chi connectivity index (χ1) is 8.60. The molecule has 1 atom stereocenters. The van der Waals surface area contributed by atoms with Gasteiger partial charge in [-0.15, -0.1) is 0 Å². The van der Waals surface area contributed by atoms with Crippen LogP contribution in [0.5, 0.6) is 0 Å². The van der Waals surface area contributed by atoms with Crippen LogP contribution in [0.15, 0.2) is 42.5 Å². The van der Waals surface area contributed by atoms with Crippen molar-refractivity contribution in [3.8, 4) is 0 Å². The van der Waals surface area contributed by atoms with Crippen LogP contribution in [0.1, 0.15) is 18.9 Å². The molecule has 0 spiro atoms. The van der Waals surface area contributed by atoms with Gasteiger partial charge in [0, 0.05) is 17.6 Å². The van der Waals surface area contributed by atoms with Crippen molar-refractivity contribution in [1.82, 2.24) is 0 Å². The monoisotopic (exact) mass is 246 g/mol. The van der Waals surface area contributed by atoms with Gasteiger partial charge < -0.3 is 9.47 Å². The molecule has 94 valence electrons. The molecule has 0 aliphatic carbocycles. The first-order valence-electron chi connectivity index (χ1n) is 5.74. The number of carbonyl (C=O) groups is 2. The molecule has 0 unspecified atom stereocenters. The SMILES string of the molecule is C=C1C[C@@](C(=O)OCC)(c2ccccc2)OC1=O. The maximum Gasteiger partial charge on any atom is 0.355 e. The molecule has 0 bridgehead atoms. The van der Waals surface area contributed by atoms with E-state index in [2.05, 4.69) is 6.58 Å². The molecule has 1 aliphatic heterocycles. The third kappa shape index (κ3) is 1.90. The minimum absolute atomic E-state index is 0.134. The molecule has 1 heterocycles. The largest absolute Gasteiger partial charge is 0.463 e. The number of cyclic esters (lactones) is 1. The molecule has 1 fully saturated rings. The van der Waals surface area contributed by atoms with E-state index in [1.54, 1.807) is 31.2 Å². The van der Waals surface area contributed by atoms with Crippen LogP contribution in [0.3, 0.4) is 0 Å². The Labute approximate surface area is 105 Å². The lowest BCUT2D eigenvalue weighted by molar-refractivity contribution is -0.175. The third-order valence-electron chi connectivity index (χ3n) is 2.86. The van der Waals surface area contributed by atoms with Crippen molar-refractivity contribution in [1.29, 1.82) is 0 Å². The highest BCUT2D eigenvalue weighted by molar-refractivity contribution is 5.97. The zero-order valence-corrected chi connectivity index (χ0v) is 10.1. The number of ether oxygens (including phenoxy) is 2. The van der Waals surface area contributed by atoms with Crippen molar-refractivity contribution >= 4 is 11.9 Å². The highest BCUT2D eigenvalue weighted by Crippen LogP contribution is 2.40. The number of rotatable bonds is 3. The van der Waals surface area contributed by atoms with E-state index in [0.29, 0.717) is 5.56 Å². The Hall–Kier alpha value is -2.10. The minimum Gasteiger partial charge on any atom is -0.463 e. The van der Waals surface area contributed by atoms with Gasteiger partial charge in [0.1, 0.15) is 0 Å². The summed E-state index contributed by atoms with van der Waals surface area (Å²) in [4.78, 5) is 23.7. The predicted octanol–water partition coefficient (Wildman–Crippen LogP) is 1.95. The van der Waals surface area contributed by atoms with Crippen LogP contribution in [0.25, 0.3) is 0 Å². The second kappa shape index (κ2) is 4.64. The van der Waals surface area contributed by atoms with Gasteiger partial charge in [0.15, 0.2) is 0 Å². The number of carbonyl (C=O) groups excluding carboxylic acids is 2. The Morgan fingerprint density at radius 2 is 2.11 bits per heavy atom. The number of benzene rings is 1. The van der Waals surface area contributed by atoms with Crippen molar-refractivity contribution in [2.45, 2.75) is 18.9 Å². The maximum atomic E-state index is 12.1. The summed E-state index contributed by atoms with van der Waals surface area (Å²) < 4.78 is 10.3. The van der Waals surface area contributed by atoms with Gasteiger partial charge in [-0.2, -0.15) is 0 Å². The predicted molar refractivity (Wildman–Crippen MR) is 64.6 cm³/mol. The van der Waals surface area contributed by atoms with Crippen LogP contribution < -0.4 is 0 Å². The summed E-state index contributed by atoms with van der Waals surface area (Å²) in [5.41, 5.74) is -0.479. The van der Waals surface area contributed by atoms with Crippen molar-refractivity contribution in [2.75, 3.05) is 6.61 Å². The maximum absolute atomic E-state index is 12.1. The fourth-order valence-corrected chi connectivity index (χ4v) is 1.99. The zero-order valence-electron chi connectivity index (χ0n) is 10.1. The van der Waals surface area contributed by atoms with Crippen LogP contribution in [0, 0.1) is 0 Å². The van der Waals surface area contributed by atoms with Crippen molar-refractivity contribution in [3.63, 3.8) is 0 Å². The molecule has 0 aromatic heterocycles. The Kier molecular flexibility index (Phi) is 3.19. The fourth-order valence-electron chi connectivity index (χ4n) is 1.99. The molecule has 2 rings (SSSR count). The highest BCUT2D eigenvalue weighted by Gasteiger charge is 2.51. The lowest BCUT2D eigenvalue weighted by atomic mass is 9.89. The van der Waals surface area contributed by atoms with Gasteiger partial charge in [0.05, 0.1) is 6.61 Å². The van der Waals surface area contributed by atoms with E-state index in [9.17, 15) is 9.59 Å². The second-order valence-corrected chi connectivity index (χ2v) is 4.08. The molecular weight excluding hydrogens is 232 g/mol. The molecular formula is C14H14O4. The molecule has 1 aliphatic rings. The van der Waals surface area contributed by atoms with E-state index < -0.39 is 17.5 Å². The van der Waals surface area contributed by atoms with Gasteiger partial charge in [-0.25, -0.2) is 9.59 Å². The smallest absolute Gasteiger partial charge is 0.355 e. The van der Waals surface area contributed by atoms with Gasteiger partial charge in [-0.3, -0.25) is 0 Å². The summed E-state index contributed by atoms with van der Waals surface area (Å²) in [7, 11) is 0. The molecule has 18 heavy (non-hydrogen) atoms. The number of hydrogen-bond acceptors (Lipinski definition) is 4. The van der Waals surface area contributed by atoms with Gasteiger partial charge in [0.2, 0.25) is 5.60 Å². The molecule has 4 nitrogen and oxygen atoms in total. The molecule has 4 heteroatoms. The quantitative estimate of drug-likeness (QED) is 0.604. The lowest BCUT2D eigenvalue weighted by Gasteiger charge is -2.25. The van der Waals surface area contributed by atoms with Gasteiger partial charge in [-0.05, 0) is 6.92 Å². The van der Waals surface area contributed by atoms with E-state index in [0.717, 1.165) is 0 Å². The first-order valence-corrected chi connectivity index (χ1v) is 5.74. The van der Waals surface area contributed by atoms with E-state index >= 15 is 0 Å². The fraction of sp³-hybridized carbons (Fsp3) is 0.286. The summed E-state index contributed by atoms with van der Waals surface area (Å²) in [5, 5.41) is 0. The summed E-state index contributed by atoms with van der Waals surface area (Å²) in [6.07, 6.45) is 0.134. The molecule has 0 N–H and O–H groups in total. The molecule has 1 aromatic carbocycles. The first kappa shape index (κ1) is 12.4. The summed E-state index contributed by atoms with van der Waals surface area (Å²) in [6.45, 7) is 5.56. The average molecular weight is 246 g/mol. The zero-order chi connectivity index (χ0) is 13.2. The van der Waals surface area contributed by atoms with E-state index in [4.69, 9.17) is 9.47 Å². The van der Waals surface area contributed by atoms with Gasteiger partial charge >= 0.3 is 11.9 Å². The Bertz CT molecular complexity index is 474. The average Bonchev–Trinajstić information content (AvgIpc) is 2.68. The Morgan fingerprint density at radius 1 is 1.44 bits per heavy atom. The lowest BCUT2D eigenvalue weighted by Crippen LogP contribution is -2.37. The normalized spacial score (nSPS) is 22.7. The third-order valence-corrected chi connectivity index (χ3v) is 2.86. The topological polar surface area (TPSA) is 52.6 Å². The van der Waals surface area contributed by atoms with Gasteiger partial charge in [-0.1, -0.05) is 36.9 Å². The van der Waals surface area contributed by atoms with Crippen molar-refractivity contribution in [3.05, 3.63) is 48.0 Å². The standard InChI is InChI=1S/C14H14O4/c1-3-17-13(16)14(9-10(2)12(15)18-14)11-7-5-4-6-8-11/h4-8H,2-3,9H2,1H3/t14-/m0/s1. The summed E-state index contributed by atoms with van der Waals surface area (Å²) in [5.74, 6) is -1.10. The molecule has 0 amide bonds. The Balaban J connectivity index is 2.45. The molecule has 0 saturated carbocycles. The summed E-state index contributed by atoms with van der Waals surface area (Å²) >= 11 is 0. The van der Waals surface area contributed by atoms with Crippen LogP contribution in [0.2, 0.25) is 0 Å². The van der Waals surface area contributed by atoms with E-state index in [-0.39, 0.29) is 18.6 Å². The molecule has 0 radical (unpaired) electrons. The van der Waals surface area contributed by atoms with Crippen molar-refractivity contribution < 1.29 is 19.1 Å². The van der Waals surface area contributed by atoms with Crippen LogP contribution in [0.4, 0.5) is 0 Å². The minimum atomic E-state index is -1.37. The molecule has 1 saturated heterocycles. The van der Waals surface area contributed by atoms with Crippen LogP contribution in [-0.2, 0) is 24.7 Å². The molecule has 1 aromatic rings. The Morgan fingerprint density at radius 3 is 2.61 bits per heavy atom. The summed E-state index contributed by atoms with van der Waals surface area (Å²) in [6, 6.07) is 8.87. The number of esters is 2. The second-order valence-electron chi connectivity index (χ2n) is 4.08. The van der Waals surface area contributed by atoms with Crippen molar-refractivity contribution in [2.24, 2.45) is 0 Å². The number of hydrogen-bond donors (Lipinski definition) is 0. The van der Waals surface area contributed by atoms with Crippen LogP contribution in [-0.4, -0.2) is 18.5 Å². The van der Waals surface area contributed by atoms with E-state index in [1.165, 1.54) is 0 Å².